The van der Waals surface area contributed by atoms with Gasteiger partial charge in [0.05, 0.1) is 6.10 Å². The Hall–Kier alpha value is -0.603. The van der Waals surface area contributed by atoms with Gasteiger partial charge in [0.25, 0.3) is 0 Å². The van der Waals surface area contributed by atoms with Crippen LogP contribution in [-0.2, 0) is 10.8 Å². The lowest BCUT2D eigenvalue weighted by molar-refractivity contribution is 0.185. The third kappa shape index (κ3) is 2.48. The Bertz CT molecular complexity index is 509. The molecule has 2 heteroatoms. The molecule has 1 aromatic rings. The molecule has 2 aliphatic carbocycles. The molecule has 1 aromatic carbocycles. The minimum atomic E-state index is -1.67. The molecule has 0 spiro atoms. The molecule has 0 radical (unpaired) electrons. The lowest BCUT2D eigenvalue weighted by Crippen LogP contribution is -2.41. The van der Waals surface area contributed by atoms with Crippen LogP contribution >= 0.6 is 0 Å². The van der Waals surface area contributed by atoms with Gasteiger partial charge in [0.2, 0.25) is 0 Å². The van der Waals surface area contributed by atoms with E-state index in [2.05, 4.69) is 52.1 Å². The molecule has 3 rings (SSSR count). The second-order valence-corrected chi connectivity index (χ2v) is 12.9. The number of hydrogen-bond acceptors (Lipinski definition) is 1. The highest BCUT2D eigenvalue weighted by Crippen LogP contribution is 2.48. The molecule has 20 heavy (non-hydrogen) atoms. The lowest BCUT2D eigenvalue weighted by Gasteiger charge is -2.38. The average Bonchev–Trinajstić information content (AvgIpc) is 3.11. The van der Waals surface area contributed by atoms with Gasteiger partial charge < -0.3 is 4.43 Å². The Morgan fingerprint density at radius 2 is 1.70 bits per heavy atom. The van der Waals surface area contributed by atoms with Crippen LogP contribution in [0.5, 0.6) is 0 Å². The highest BCUT2D eigenvalue weighted by atomic mass is 28.4. The van der Waals surface area contributed by atoms with E-state index in [1.807, 2.05) is 0 Å². The Balaban J connectivity index is 1.85. The van der Waals surface area contributed by atoms with Crippen LogP contribution in [0.1, 0.15) is 68.7 Å². The SMILES string of the molecule is CC(C)(C)[Si](C)(C)OC1CCc2c(C3CC3)cccc21. The zero-order valence-electron chi connectivity index (χ0n) is 13.6. The maximum atomic E-state index is 6.68. The van der Waals surface area contributed by atoms with E-state index >= 15 is 0 Å². The van der Waals surface area contributed by atoms with Gasteiger partial charge in [-0.25, -0.2) is 0 Å². The summed E-state index contributed by atoms with van der Waals surface area (Å²) in [4.78, 5) is 0. The quantitative estimate of drug-likeness (QED) is 0.660. The topological polar surface area (TPSA) is 9.23 Å². The maximum Gasteiger partial charge on any atom is 0.192 e. The van der Waals surface area contributed by atoms with Crippen molar-refractivity contribution in [3.05, 3.63) is 34.9 Å². The van der Waals surface area contributed by atoms with E-state index in [0.717, 1.165) is 5.92 Å². The summed E-state index contributed by atoms with van der Waals surface area (Å²) in [5.41, 5.74) is 4.75. The summed E-state index contributed by atoms with van der Waals surface area (Å²) >= 11 is 0. The van der Waals surface area contributed by atoms with Crippen LogP contribution in [0, 0.1) is 0 Å². The molecule has 0 amide bonds. The molecule has 1 atom stereocenters. The fourth-order valence-corrected chi connectivity index (χ4v) is 4.39. The third-order valence-corrected chi connectivity index (χ3v) is 10.00. The molecule has 110 valence electrons. The van der Waals surface area contributed by atoms with Crippen LogP contribution in [0.3, 0.4) is 0 Å². The first-order chi connectivity index (χ1) is 9.29. The highest BCUT2D eigenvalue weighted by Gasteiger charge is 2.41. The van der Waals surface area contributed by atoms with Crippen molar-refractivity contribution in [1.82, 2.24) is 0 Å². The number of rotatable bonds is 3. The molecule has 0 aliphatic heterocycles. The summed E-state index contributed by atoms with van der Waals surface area (Å²) in [5, 5.41) is 0.295. The van der Waals surface area contributed by atoms with E-state index in [9.17, 15) is 0 Å². The minimum Gasteiger partial charge on any atom is -0.410 e. The highest BCUT2D eigenvalue weighted by molar-refractivity contribution is 6.74. The van der Waals surface area contributed by atoms with Gasteiger partial charge in [0.1, 0.15) is 0 Å². The number of hydrogen-bond donors (Lipinski definition) is 0. The largest absolute Gasteiger partial charge is 0.410 e. The predicted octanol–water partition coefficient (Wildman–Crippen LogP) is 5.57. The van der Waals surface area contributed by atoms with E-state index in [1.54, 1.807) is 11.1 Å². The predicted molar refractivity (Wildman–Crippen MR) is 87.8 cm³/mol. The molecule has 2 aliphatic rings. The second-order valence-electron chi connectivity index (χ2n) is 8.09. The molecule has 1 nitrogen and oxygen atoms in total. The van der Waals surface area contributed by atoms with Crippen molar-refractivity contribution in [2.75, 3.05) is 0 Å². The summed E-state index contributed by atoms with van der Waals surface area (Å²) in [6.07, 6.45) is 5.55. The molecule has 0 saturated heterocycles. The Kier molecular flexibility index (Phi) is 3.37. The molecule has 0 aromatic heterocycles. The number of fused-ring (bicyclic) bond motifs is 1. The first-order valence-corrected chi connectivity index (χ1v) is 11.0. The van der Waals surface area contributed by atoms with Crippen LogP contribution in [0.25, 0.3) is 0 Å². The van der Waals surface area contributed by atoms with Crippen molar-refractivity contribution >= 4 is 8.32 Å². The third-order valence-electron chi connectivity index (χ3n) is 5.51. The first-order valence-electron chi connectivity index (χ1n) is 8.09. The average molecular weight is 289 g/mol. The van der Waals surface area contributed by atoms with Crippen LogP contribution in [0.2, 0.25) is 18.1 Å². The zero-order valence-corrected chi connectivity index (χ0v) is 14.6. The van der Waals surface area contributed by atoms with Gasteiger partial charge in [-0.2, -0.15) is 0 Å². The van der Waals surface area contributed by atoms with Crippen LogP contribution in [0.4, 0.5) is 0 Å². The van der Waals surface area contributed by atoms with Crippen molar-refractivity contribution in [3.8, 4) is 0 Å². The second kappa shape index (κ2) is 4.71. The van der Waals surface area contributed by atoms with E-state index in [0.29, 0.717) is 11.1 Å². The van der Waals surface area contributed by atoms with Crippen LogP contribution in [-0.4, -0.2) is 8.32 Å². The Morgan fingerprint density at radius 1 is 1.05 bits per heavy atom. The van der Waals surface area contributed by atoms with E-state index in [-0.39, 0.29) is 0 Å². The van der Waals surface area contributed by atoms with Gasteiger partial charge in [-0.05, 0) is 66.4 Å². The molecule has 0 heterocycles. The number of benzene rings is 1. The van der Waals surface area contributed by atoms with Crippen LogP contribution < -0.4 is 0 Å². The smallest absolute Gasteiger partial charge is 0.192 e. The summed E-state index contributed by atoms with van der Waals surface area (Å²) in [6, 6.07) is 6.91. The summed E-state index contributed by atoms with van der Waals surface area (Å²) in [7, 11) is -1.67. The van der Waals surface area contributed by atoms with Crippen molar-refractivity contribution in [1.29, 1.82) is 0 Å². The van der Waals surface area contributed by atoms with Crippen molar-refractivity contribution in [3.63, 3.8) is 0 Å². The minimum absolute atomic E-state index is 0.295. The molecular formula is C18H28OSi. The standard InChI is InChI=1S/C18H28OSi/c1-18(2,3)20(4,5)19-17-12-11-15-14(13-9-10-13)7-6-8-16(15)17/h6-8,13,17H,9-12H2,1-5H3. The van der Waals surface area contributed by atoms with Gasteiger partial charge in [-0.1, -0.05) is 39.0 Å². The molecular weight excluding hydrogens is 260 g/mol. The van der Waals surface area contributed by atoms with Crippen molar-refractivity contribution in [2.45, 2.75) is 76.6 Å². The van der Waals surface area contributed by atoms with Crippen LogP contribution in [0.15, 0.2) is 18.2 Å². The van der Waals surface area contributed by atoms with Gasteiger partial charge in [0.15, 0.2) is 8.32 Å². The van der Waals surface area contributed by atoms with E-state index < -0.39 is 8.32 Å². The molecule has 0 bridgehead atoms. The fourth-order valence-electron chi connectivity index (χ4n) is 3.08. The molecule has 0 N–H and O–H groups in total. The Morgan fingerprint density at radius 3 is 2.30 bits per heavy atom. The zero-order chi connectivity index (χ0) is 14.5. The van der Waals surface area contributed by atoms with E-state index in [4.69, 9.17) is 4.43 Å². The summed E-state index contributed by atoms with van der Waals surface area (Å²) < 4.78 is 6.68. The van der Waals surface area contributed by atoms with Gasteiger partial charge in [0, 0.05) is 0 Å². The lowest BCUT2D eigenvalue weighted by atomic mass is 9.99. The van der Waals surface area contributed by atoms with Gasteiger partial charge >= 0.3 is 0 Å². The molecule has 1 saturated carbocycles. The monoisotopic (exact) mass is 288 g/mol. The van der Waals surface area contributed by atoms with E-state index in [1.165, 1.54) is 31.2 Å². The maximum absolute atomic E-state index is 6.68. The van der Waals surface area contributed by atoms with Crippen molar-refractivity contribution in [2.24, 2.45) is 0 Å². The normalized spacial score (nSPS) is 22.9. The molecule has 1 fully saturated rings. The fraction of sp³-hybridized carbons (Fsp3) is 0.667. The Labute approximate surface area is 124 Å². The summed E-state index contributed by atoms with van der Waals surface area (Å²) in [6.45, 7) is 11.7. The first kappa shape index (κ1) is 14.3. The molecule has 1 unspecified atom stereocenters. The van der Waals surface area contributed by atoms with Gasteiger partial charge in [-0.3, -0.25) is 0 Å². The van der Waals surface area contributed by atoms with Crippen molar-refractivity contribution < 1.29 is 4.43 Å². The summed E-state index contributed by atoms with van der Waals surface area (Å²) in [5.74, 6) is 0.858. The van der Waals surface area contributed by atoms with Gasteiger partial charge in [-0.15, -0.1) is 0 Å².